The molecule has 0 aliphatic heterocycles. The number of pyridine rings is 3. The van der Waals surface area contributed by atoms with Gasteiger partial charge in [0.2, 0.25) is 0 Å². The van der Waals surface area contributed by atoms with Crippen LogP contribution in [0, 0.1) is 0 Å². The number of nitrogens with zero attached hydrogens (tertiary/aromatic N) is 3. The number of hydrogen-bond donors (Lipinski definition) is 0. The minimum Gasteiger partial charge on any atom is -0.488 e. The minimum absolute atomic E-state index is 0.169. The van der Waals surface area contributed by atoms with E-state index in [-0.39, 0.29) is 5.92 Å². The smallest absolute Gasteiger partial charge is 0.433 e. The zero-order chi connectivity index (χ0) is 23.5. The van der Waals surface area contributed by atoms with E-state index in [1.165, 1.54) is 6.20 Å². The summed E-state index contributed by atoms with van der Waals surface area (Å²) in [5, 5.41) is 0.714. The van der Waals surface area contributed by atoms with Crippen LogP contribution in [0.25, 0.3) is 22.2 Å². The van der Waals surface area contributed by atoms with Gasteiger partial charge in [0.15, 0.2) is 0 Å². The monoisotopic (exact) mass is 463 g/mol. The van der Waals surface area contributed by atoms with E-state index in [2.05, 4.69) is 9.97 Å². The normalized spacial score (nSPS) is 14.9. The van der Waals surface area contributed by atoms with E-state index in [1.54, 1.807) is 24.5 Å². The second-order valence-electron chi connectivity index (χ2n) is 8.66. The van der Waals surface area contributed by atoms with Gasteiger partial charge in [0.05, 0.1) is 16.6 Å². The second-order valence-corrected chi connectivity index (χ2v) is 8.66. The number of halogens is 3. The molecule has 5 rings (SSSR count). The van der Waals surface area contributed by atoms with Crippen LogP contribution in [0.2, 0.25) is 0 Å². The Morgan fingerprint density at radius 2 is 1.74 bits per heavy atom. The minimum atomic E-state index is -4.53. The van der Waals surface area contributed by atoms with Gasteiger partial charge in [-0.3, -0.25) is 9.97 Å². The van der Waals surface area contributed by atoms with E-state index in [4.69, 9.17) is 9.72 Å². The Hall–Kier alpha value is -3.48. The molecule has 4 aromatic rings. The number of hydrogen-bond acceptors (Lipinski definition) is 4. The maximum atomic E-state index is 13.6. The summed E-state index contributed by atoms with van der Waals surface area (Å²) >= 11 is 0. The van der Waals surface area contributed by atoms with Crippen molar-refractivity contribution in [1.82, 2.24) is 15.0 Å². The Bertz CT molecular complexity index is 1290. The SMILES string of the molecule is FC(F)(F)c1cc(-c2cc(OCc3ccccc3)c3cnccc3n2)c(C2CCCCC2)cn1. The zero-order valence-corrected chi connectivity index (χ0v) is 18.6. The van der Waals surface area contributed by atoms with Crippen LogP contribution in [-0.4, -0.2) is 15.0 Å². The molecule has 0 saturated heterocycles. The van der Waals surface area contributed by atoms with E-state index in [9.17, 15) is 13.2 Å². The van der Waals surface area contributed by atoms with Gasteiger partial charge in [-0.1, -0.05) is 49.6 Å². The van der Waals surface area contributed by atoms with Crippen LogP contribution in [0.5, 0.6) is 5.75 Å². The third-order valence-corrected chi connectivity index (χ3v) is 6.36. The van der Waals surface area contributed by atoms with E-state index in [1.807, 2.05) is 30.3 Å². The van der Waals surface area contributed by atoms with Crippen molar-refractivity contribution in [3.8, 4) is 17.0 Å². The second kappa shape index (κ2) is 9.41. The highest BCUT2D eigenvalue weighted by Crippen LogP contribution is 2.41. The predicted molar refractivity (Wildman–Crippen MR) is 124 cm³/mol. The average molecular weight is 464 g/mol. The largest absolute Gasteiger partial charge is 0.488 e. The number of aromatic nitrogens is 3. The van der Waals surface area contributed by atoms with Crippen LogP contribution in [0.1, 0.15) is 54.8 Å². The van der Waals surface area contributed by atoms with Gasteiger partial charge in [0.1, 0.15) is 18.1 Å². The molecule has 0 bridgehead atoms. The number of rotatable bonds is 5. The summed E-state index contributed by atoms with van der Waals surface area (Å²) in [6, 6.07) is 14.3. The molecule has 0 unspecified atom stereocenters. The van der Waals surface area contributed by atoms with Crippen LogP contribution in [0.4, 0.5) is 13.2 Å². The third kappa shape index (κ3) is 4.74. The van der Waals surface area contributed by atoms with Gasteiger partial charge in [-0.05, 0) is 42.0 Å². The quantitative estimate of drug-likeness (QED) is 0.311. The molecule has 1 saturated carbocycles. The molecule has 1 aliphatic carbocycles. The molecule has 0 radical (unpaired) electrons. The molecule has 174 valence electrons. The molecule has 0 amide bonds. The molecule has 1 aliphatic rings. The standard InChI is InChI=1S/C27H24F3N3O/c28-27(29,30)26-13-20(21(16-32-26)19-9-5-2-6-10-19)24-14-25(22-15-31-12-11-23(22)33-24)34-17-18-7-3-1-4-8-18/h1,3-4,7-8,11-16,19H,2,5-6,9-10,17H2. The Morgan fingerprint density at radius 3 is 2.50 bits per heavy atom. The number of ether oxygens (including phenoxy) is 1. The predicted octanol–water partition coefficient (Wildman–Crippen LogP) is 7.34. The molecule has 1 fully saturated rings. The Kier molecular flexibility index (Phi) is 6.18. The lowest BCUT2D eigenvalue weighted by Crippen LogP contribution is -2.12. The summed E-state index contributed by atoms with van der Waals surface area (Å²) in [6.07, 6.45) is 5.31. The summed E-state index contributed by atoms with van der Waals surface area (Å²) in [4.78, 5) is 12.7. The van der Waals surface area contributed by atoms with Crippen molar-refractivity contribution in [2.24, 2.45) is 0 Å². The van der Waals surface area contributed by atoms with E-state index >= 15 is 0 Å². The molecule has 1 aromatic carbocycles. The van der Waals surface area contributed by atoms with Crippen molar-refractivity contribution >= 4 is 10.9 Å². The first-order valence-electron chi connectivity index (χ1n) is 11.5. The Labute approximate surface area is 195 Å². The maximum Gasteiger partial charge on any atom is 0.433 e. The van der Waals surface area contributed by atoms with Crippen molar-refractivity contribution in [2.75, 3.05) is 0 Å². The lowest BCUT2D eigenvalue weighted by Gasteiger charge is -2.25. The number of fused-ring (bicyclic) bond motifs is 1. The van der Waals surface area contributed by atoms with Crippen molar-refractivity contribution < 1.29 is 17.9 Å². The highest BCUT2D eigenvalue weighted by Gasteiger charge is 2.34. The molecular formula is C27H24F3N3O. The Balaban J connectivity index is 1.62. The highest BCUT2D eigenvalue weighted by atomic mass is 19.4. The van der Waals surface area contributed by atoms with Crippen LogP contribution in [0.3, 0.4) is 0 Å². The molecule has 0 spiro atoms. The fourth-order valence-corrected chi connectivity index (χ4v) is 4.61. The van der Waals surface area contributed by atoms with Crippen LogP contribution in [-0.2, 0) is 12.8 Å². The molecule has 0 atom stereocenters. The van der Waals surface area contributed by atoms with E-state index in [0.717, 1.165) is 49.3 Å². The fourth-order valence-electron chi connectivity index (χ4n) is 4.61. The van der Waals surface area contributed by atoms with Crippen molar-refractivity contribution in [1.29, 1.82) is 0 Å². The third-order valence-electron chi connectivity index (χ3n) is 6.36. The fraction of sp³-hybridized carbons (Fsp3) is 0.296. The van der Waals surface area contributed by atoms with Gasteiger partial charge < -0.3 is 4.74 Å². The first-order valence-corrected chi connectivity index (χ1v) is 11.5. The van der Waals surface area contributed by atoms with Gasteiger partial charge in [-0.15, -0.1) is 0 Å². The maximum absolute atomic E-state index is 13.6. The van der Waals surface area contributed by atoms with Gasteiger partial charge in [-0.25, -0.2) is 4.98 Å². The highest BCUT2D eigenvalue weighted by molar-refractivity contribution is 5.87. The van der Waals surface area contributed by atoms with Crippen LogP contribution in [0.15, 0.2) is 67.1 Å². The number of alkyl halides is 3. The van der Waals surface area contributed by atoms with E-state index < -0.39 is 11.9 Å². The zero-order valence-electron chi connectivity index (χ0n) is 18.6. The van der Waals surface area contributed by atoms with Gasteiger partial charge in [0.25, 0.3) is 0 Å². The van der Waals surface area contributed by atoms with Crippen LogP contribution < -0.4 is 4.74 Å². The summed E-state index contributed by atoms with van der Waals surface area (Å²) in [7, 11) is 0. The first-order chi connectivity index (χ1) is 16.5. The molecule has 3 heterocycles. The van der Waals surface area contributed by atoms with Crippen LogP contribution >= 0.6 is 0 Å². The molecular weight excluding hydrogens is 439 g/mol. The van der Waals surface area contributed by atoms with E-state index in [0.29, 0.717) is 34.5 Å². The van der Waals surface area contributed by atoms with Crippen molar-refractivity contribution in [3.05, 3.63) is 83.9 Å². The lowest BCUT2D eigenvalue weighted by molar-refractivity contribution is -0.141. The first kappa shape index (κ1) is 22.3. The molecule has 34 heavy (non-hydrogen) atoms. The molecule has 0 N–H and O–H groups in total. The van der Waals surface area contributed by atoms with Crippen molar-refractivity contribution in [2.45, 2.75) is 50.8 Å². The topological polar surface area (TPSA) is 47.9 Å². The molecule has 7 heteroatoms. The summed E-state index contributed by atoms with van der Waals surface area (Å²) in [6.45, 7) is 0.327. The number of benzene rings is 1. The van der Waals surface area contributed by atoms with Gasteiger partial charge >= 0.3 is 6.18 Å². The average Bonchev–Trinajstić information content (AvgIpc) is 2.87. The Morgan fingerprint density at radius 1 is 0.941 bits per heavy atom. The molecule has 4 nitrogen and oxygen atoms in total. The summed E-state index contributed by atoms with van der Waals surface area (Å²) < 4.78 is 46.9. The summed E-state index contributed by atoms with van der Waals surface area (Å²) in [5.41, 5.74) is 2.44. The van der Waals surface area contributed by atoms with Crippen molar-refractivity contribution in [3.63, 3.8) is 0 Å². The lowest BCUT2D eigenvalue weighted by atomic mass is 9.82. The summed E-state index contributed by atoms with van der Waals surface area (Å²) in [5.74, 6) is 0.707. The van der Waals surface area contributed by atoms with Gasteiger partial charge in [0, 0.05) is 30.2 Å². The molecule has 3 aromatic heterocycles. The van der Waals surface area contributed by atoms with Gasteiger partial charge in [-0.2, -0.15) is 13.2 Å².